The first kappa shape index (κ1) is 11.3. The van der Waals surface area contributed by atoms with Crippen molar-refractivity contribution >= 4 is 26.8 Å². The fraction of sp³-hybridized carbons (Fsp3) is 0.385. The van der Waals surface area contributed by atoms with Gasteiger partial charge in [0.25, 0.3) is 0 Å². The zero-order valence-corrected chi connectivity index (χ0v) is 11.2. The first-order valence-corrected chi connectivity index (χ1v) is 6.68. The van der Waals surface area contributed by atoms with Crippen molar-refractivity contribution in [2.45, 2.75) is 6.54 Å². The molecule has 0 aliphatic carbocycles. The first-order valence-electron chi connectivity index (χ1n) is 5.89. The molecular formula is C13H15BrN2O. The molecule has 1 aromatic heterocycles. The second kappa shape index (κ2) is 4.80. The number of morpholine rings is 1. The van der Waals surface area contributed by atoms with Gasteiger partial charge in [0, 0.05) is 40.7 Å². The SMILES string of the molecule is Brc1cccc2[nH]c(CN3CCOCC3)cc12. The molecule has 1 aliphatic rings. The molecule has 0 radical (unpaired) electrons. The number of nitrogens with one attached hydrogen (secondary N) is 1. The third-order valence-corrected chi connectivity index (χ3v) is 3.86. The Balaban J connectivity index is 1.83. The summed E-state index contributed by atoms with van der Waals surface area (Å²) in [4.78, 5) is 5.89. The van der Waals surface area contributed by atoms with Crippen molar-refractivity contribution < 1.29 is 4.74 Å². The molecule has 1 N–H and O–H groups in total. The van der Waals surface area contributed by atoms with Gasteiger partial charge in [-0.05, 0) is 18.2 Å². The highest BCUT2D eigenvalue weighted by molar-refractivity contribution is 9.10. The molecular weight excluding hydrogens is 280 g/mol. The molecule has 0 spiro atoms. The molecule has 0 amide bonds. The molecule has 3 nitrogen and oxygen atoms in total. The monoisotopic (exact) mass is 294 g/mol. The van der Waals surface area contributed by atoms with Crippen molar-refractivity contribution in [2.75, 3.05) is 26.3 Å². The molecule has 90 valence electrons. The number of fused-ring (bicyclic) bond motifs is 1. The smallest absolute Gasteiger partial charge is 0.0594 e. The summed E-state index contributed by atoms with van der Waals surface area (Å²) < 4.78 is 6.51. The van der Waals surface area contributed by atoms with E-state index in [9.17, 15) is 0 Å². The summed E-state index contributed by atoms with van der Waals surface area (Å²) in [7, 11) is 0. The summed E-state index contributed by atoms with van der Waals surface area (Å²) in [5, 5.41) is 1.26. The quantitative estimate of drug-likeness (QED) is 0.922. The van der Waals surface area contributed by atoms with E-state index in [0.717, 1.165) is 37.3 Å². The standard InChI is InChI=1S/C13H15BrN2O/c14-12-2-1-3-13-11(12)8-10(15-13)9-16-4-6-17-7-5-16/h1-3,8,15H,4-7,9H2. The average Bonchev–Trinajstić information content (AvgIpc) is 2.74. The summed E-state index contributed by atoms with van der Waals surface area (Å²) in [6.45, 7) is 4.73. The summed E-state index contributed by atoms with van der Waals surface area (Å²) in [6, 6.07) is 8.48. The third kappa shape index (κ3) is 2.39. The Bertz CT molecular complexity index is 517. The van der Waals surface area contributed by atoms with Crippen LogP contribution in [0.25, 0.3) is 10.9 Å². The zero-order chi connectivity index (χ0) is 11.7. The van der Waals surface area contributed by atoms with Gasteiger partial charge in [0.2, 0.25) is 0 Å². The number of nitrogens with zero attached hydrogens (tertiary/aromatic N) is 1. The maximum Gasteiger partial charge on any atom is 0.0594 e. The van der Waals surface area contributed by atoms with Crippen LogP contribution in [0.15, 0.2) is 28.7 Å². The number of halogens is 1. The maximum atomic E-state index is 5.36. The number of H-pyrrole nitrogens is 1. The molecule has 2 heterocycles. The van der Waals surface area contributed by atoms with Gasteiger partial charge < -0.3 is 9.72 Å². The van der Waals surface area contributed by atoms with Gasteiger partial charge >= 0.3 is 0 Å². The van der Waals surface area contributed by atoms with E-state index in [-0.39, 0.29) is 0 Å². The summed E-state index contributed by atoms with van der Waals surface area (Å²) in [5.41, 5.74) is 2.47. The zero-order valence-electron chi connectivity index (χ0n) is 9.58. The van der Waals surface area contributed by atoms with Crippen LogP contribution in [-0.2, 0) is 11.3 Å². The lowest BCUT2D eigenvalue weighted by Gasteiger charge is -2.25. The van der Waals surface area contributed by atoms with E-state index < -0.39 is 0 Å². The average molecular weight is 295 g/mol. The topological polar surface area (TPSA) is 28.3 Å². The van der Waals surface area contributed by atoms with Gasteiger partial charge in [-0.25, -0.2) is 0 Å². The number of aromatic nitrogens is 1. The maximum absolute atomic E-state index is 5.36. The van der Waals surface area contributed by atoms with Crippen LogP contribution in [0, 0.1) is 0 Å². The second-order valence-electron chi connectivity index (χ2n) is 4.38. The van der Waals surface area contributed by atoms with E-state index in [0.29, 0.717) is 0 Å². The highest BCUT2D eigenvalue weighted by Gasteiger charge is 2.12. The molecule has 1 fully saturated rings. The Morgan fingerprint density at radius 3 is 2.88 bits per heavy atom. The molecule has 4 heteroatoms. The summed E-state index contributed by atoms with van der Waals surface area (Å²) in [6.07, 6.45) is 0. The molecule has 17 heavy (non-hydrogen) atoms. The van der Waals surface area contributed by atoms with E-state index in [4.69, 9.17) is 4.74 Å². The molecule has 3 rings (SSSR count). The van der Waals surface area contributed by atoms with Gasteiger partial charge in [-0.1, -0.05) is 22.0 Å². The number of rotatable bonds is 2. The molecule has 1 saturated heterocycles. The fourth-order valence-corrected chi connectivity index (χ4v) is 2.74. The predicted octanol–water partition coefficient (Wildman–Crippen LogP) is 2.76. The predicted molar refractivity (Wildman–Crippen MR) is 72.1 cm³/mol. The number of benzene rings is 1. The van der Waals surface area contributed by atoms with Crippen molar-refractivity contribution in [2.24, 2.45) is 0 Å². The minimum absolute atomic E-state index is 0.851. The molecule has 0 atom stereocenters. The molecule has 0 unspecified atom stereocenters. The number of aromatic amines is 1. The highest BCUT2D eigenvalue weighted by Crippen LogP contribution is 2.25. The number of hydrogen-bond donors (Lipinski definition) is 1. The third-order valence-electron chi connectivity index (χ3n) is 3.16. The minimum atomic E-state index is 0.851. The number of hydrogen-bond acceptors (Lipinski definition) is 2. The van der Waals surface area contributed by atoms with E-state index >= 15 is 0 Å². The second-order valence-corrected chi connectivity index (χ2v) is 5.24. The van der Waals surface area contributed by atoms with Gasteiger partial charge in [0.05, 0.1) is 13.2 Å². The Hall–Kier alpha value is -0.840. The Kier molecular flexibility index (Phi) is 3.18. The molecule has 1 aromatic carbocycles. The van der Waals surface area contributed by atoms with Crippen LogP contribution < -0.4 is 0 Å². The Morgan fingerprint density at radius 2 is 2.12 bits per heavy atom. The molecule has 1 aliphatic heterocycles. The van der Waals surface area contributed by atoms with Crippen LogP contribution in [0.1, 0.15) is 5.69 Å². The lowest BCUT2D eigenvalue weighted by atomic mass is 10.2. The van der Waals surface area contributed by atoms with Crippen LogP contribution in [0.2, 0.25) is 0 Å². The van der Waals surface area contributed by atoms with Gasteiger partial charge in [0.15, 0.2) is 0 Å². The van der Waals surface area contributed by atoms with Crippen LogP contribution in [0.3, 0.4) is 0 Å². The Morgan fingerprint density at radius 1 is 1.29 bits per heavy atom. The normalized spacial score (nSPS) is 17.7. The van der Waals surface area contributed by atoms with Crippen molar-refractivity contribution in [3.63, 3.8) is 0 Å². The largest absolute Gasteiger partial charge is 0.379 e. The van der Waals surface area contributed by atoms with Gasteiger partial charge in [-0.2, -0.15) is 0 Å². The Labute approximate surface area is 109 Å². The minimum Gasteiger partial charge on any atom is -0.379 e. The van der Waals surface area contributed by atoms with Crippen LogP contribution in [0.4, 0.5) is 0 Å². The highest BCUT2D eigenvalue weighted by atomic mass is 79.9. The van der Waals surface area contributed by atoms with Crippen molar-refractivity contribution in [3.8, 4) is 0 Å². The van der Waals surface area contributed by atoms with E-state index in [1.165, 1.54) is 16.6 Å². The van der Waals surface area contributed by atoms with Gasteiger partial charge in [-0.15, -0.1) is 0 Å². The summed E-state index contributed by atoms with van der Waals surface area (Å²) in [5.74, 6) is 0. The number of ether oxygens (including phenoxy) is 1. The van der Waals surface area contributed by atoms with Crippen molar-refractivity contribution in [1.29, 1.82) is 0 Å². The fourth-order valence-electron chi connectivity index (χ4n) is 2.26. The van der Waals surface area contributed by atoms with Crippen LogP contribution in [-0.4, -0.2) is 36.2 Å². The molecule has 0 bridgehead atoms. The molecule has 0 saturated carbocycles. The van der Waals surface area contributed by atoms with E-state index in [1.54, 1.807) is 0 Å². The molecule has 2 aromatic rings. The van der Waals surface area contributed by atoms with Gasteiger partial charge in [-0.3, -0.25) is 4.90 Å². The van der Waals surface area contributed by atoms with Gasteiger partial charge in [0.1, 0.15) is 0 Å². The van der Waals surface area contributed by atoms with Crippen molar-refractivity contribution in [1.82, 2.24) is 9.88 Å². The lowest BCUT2D eigenvalue weighted by molar-refractivity contribution is 0.0337. The van der Waals surface area contributed by atoms with Crippen LogP contribution >= 0.6 is 15.9 Å². The van der Waals surface area contributed by atoms with Crippen LogP contribution in [0.5, 0.6) is 0 Å². The summed E-state index contributed by atoms with van der Waals surface area (Å²) >= 11 is 3.58. The lowest BCUT2D eigenvalue weighted by Crippen LogP contribution is -2.35. The van der Waals surface area contributed by atoms with E-state index in [1.807, 2.05) is 0 Å². The first-order chi connectivity index (χ1) is 8.33. The van der Waals surface area contributed by atoms with Crippen molar-refractivity contribution in [3.05, 3.63) is 34.4 Å². The van der Waals surface area contributed by atoms with E-state index in [2.05, 4.69) is 50.1 Å².